The highest BCUT2D eigenvalue weighted by Crippen LogP contribution is 2.14. The Labute approximate surface area is 169 Å². The van der Waals surface area contributed by atoms with Gasteiger partial charge in [0.2, 0.25) is 0 Å². The smallest absolute Gasteiger partial charge is 0.191 e. The van der Waals surface area contributed by atoms with Gasteiger partial charge in [0.25, 0.3) is 0 Å². The average molecular weight is 380 g/mol. The van der Waals surface area contributed by atoms with E-state index in [2.05, 4.69) is 51.7 Å². The maximum atomic E-state index is 4.72. The highest BCUT2D eigenvalue weighted by atomic mass is 15.2. The van der Waals surface area contributed by atoms with Gasteiger partial charge >= 0.3 is 0 Å². The van der Waals surface area contributed by atoms with Gasteiger partial charge in [0, 0.05) is 18.8 Å². The third kappa shape index (κ3) is 6.64. The predicted molar refractivity (Wildman–Crippen MR) is 116 cm³/mol. The summed E-state index contributed by atoms with van der Waals surface area (Å²) in [6.07, 6.45) is 4.06. The van der Waals surface area contributed by atoms with Crippen molar-refractivity contribution in [2.75, 3.05) is 19.6 Å². The van der Waals surface area contributed by atoms with Crippen molar-refractivity contribution in [3.05, 3.63) is 65.0 Å². The number of rotatable bonds is 7. The van der Waals surface area contributed by atoms with Crippen molar-refractivity contribution in [1.82, 2.24) is 20.5 Å². The topological polar surface area (TPSA) is 52.6 Å². The van der Waals surface area contributed by atoms with Crippen molar-refractivity contribution in [1.29, 1.82) is 0 Å². The molecule has 0 aliphatic carbocycles. The molecule has 1 aliphatic heterocycles. The van der Waals surface area contributed by atoms with Gasteiger partial charge in [0.05, 0.1) is 18.8 Å². The Balaban J connectivity index is 1.53. The molecule has 1 saturated heterocycles. The lowest BCUT2D eigenvalue weighted by Crippen LogP contribution is -2.37. The molecule has 1 fully saturated rings. The first-order valence-corrected chi connectivity index (χ1v) is 10.5. The van der Waals surface area contributed by atoms with Gasteiger partial charge < -0.3 is 10.6 Å². The summed E-state index contributed by atoms with van der Waals surface area (Å²) in [6.45, 7) is 9.80. The molecule has 0 saturated carbocycles. The summed E-state index contributed by atoms with van der Waals surface area (Å²) < 4.78 is 0. The number of likely N-dealkylation sites (tertiary alicyclic amines) is 1. The molecule has 0 unspecified atom stereocenters. The first kappa shape index (κ1) is 20.3. The number of aliphatic imine (C=N–C) groups is 1. The zero-order valence-corrected chi connectivity index (χ0v) is 17.2. The van der Waals surface area contributed by atoms with Crippen LogP contribution in [-0.2, 0) is 19.6 Å². The van der Waals surface area contributed by atoms with Crippen LogP contribution in [0.1, 0.15) is 48.7 Å². The molecular formula is C23H33N5. The van der Waals surface area contributed by atoms with Crippen molar-refractivity contribution >= 4 is 5.96 Å². The summed E-state index contributed by atoms with van der Waals surface area (Å²) >= 11 is 0. The number of pyridine rings is 1. The van der Waals surface area contributed by atoms with E-state index in [0.29, 0.717) is 13.1 Å². The lowest BCUT2D eigenvalue weighted by Gasteiger charge is -2.26. The quantitative estimate of drug-likeness (QED) is 0.570. The monoisotopic (exact) mass is 379 g/mol. The van der Waals surface area contributed by atoms with Gasteiger partial charge in [-0.3, -0.25) is 9.88 Å². The summed E-state index contributed by atoms with van der Waals surface area (Å²) in [4.78, 5) is 11.8. The number of hydrogen-bond acceptors (Lipinski definition) is 3. The van der Waals surface area contributed by atoms with Crippen LogP contribution < -0.4 is 10.6 Å². The van der Waals surface area contributed by atoms with Crippen LogP contribution in [0.25, 0.3) is 0 Å². The summed E-state index contributed by atoms with van der Waals surface area (Å²) in [5.74, 6) is 0.822. The van der Waals surface area contributed by atoms with Crippen molar-refractivity contribution in [2.45, 2.75) is 52.7 Å². The molecule has 2 heterocycles. The number of nitrogens with one attached hydrogen (secondary N) is 2. The zero-order chi connectivity index (χ0) is 19.6. The number of aromatic nitrogens is 1. The molecule has 0 radical (unpaired) electrons. The van der Waals surface area contributed by atoms with E-state index in [-0.39, 0.29) is 0 Å². The van der Waals surface area contributed by atoms with Crippen LogP contribution in [-0.4, -0.2) is 35.5 Å². The minimum absolute atomic E-state index is 0.667. The van der Waals surface area contributed by atoms with Gasteiger partial charge in [-0.1, -0.05) is 36.8 Å². The molecule has 0 atom stereocenters. The number of piperidine rings is 1. The molecule has 0 bridgehead atoms. The van der Waals surface area contributed by atoms with Crippen LogP contribution in [0.2, 0.25) is 0 Å². The molecule has 28 heavy (non-hydrogen) atoms. The largest absolute Gasteiger partial charge is 0.357 e. The third-order valence-electron chi connectivity index (χ3n) is 5.02. The number of guanidine groups is 1. The highest BCUT2D eigenvalue weighted by molar-refractivity contribution is 5.79. The van der Waals surface area contributed by atoms with Gasteiger partial charge in [-0.2, -0.15) is 0 Å². The van der Waals surface area contributed by atoms with Crippen LogP contribution in [0, 0.1) is 6.92 Å². The van der Waals surface area contributed by atoms with Crippen LogP contribution >= 0.6 is 0 Å². The van der Waals surface area contributed by atoms with Crippen LogP contribution in [0.4, 0.5) is 0 Å². The molecular weight excluding hydrogens is 346 g/mol. The second-order valence-electron chi connectivity index (χ2n) is 7.47. The van der Waals surface area contributed by atoms with Crippen LogP contribution in [0.5, 0.6) is 0 Å². The van der Waals surface area contributed by atoms with E-state index < -0.39 is 0 Å². The molecule has 1 aromatic carbocycles. The van der Waals surface area contributed by atoms with Gasteiger partial charge in [0.15, 0.2) is 5.96 Å². The number of hydrogen-bond donors (Lipinski definition) is 2. The Morgan fingerprint density at radius 1 is 1.00 bits per heavy atom. The number of nitrogens with zero attached hydrogens (tertiary/aromatic N) is 3. The summed E-state index contributed by atoms with van der Waals surface area (Å²) in [6, 6.07) is 15.0. The molecule has 0 amide bonds. The first-order chi connectivity index (χ1) is 13.7. The normalized spacial score (nSPS) is 15.4. The lowest BCUT2D eigenvalue weighted by molar-refractivity contribution is 0.221. The van der Waals surface area contributed by atoms with Crippen molar-refractivity contribution in [3.63, 3.8) is 0 Å². The summed E-state index contributed by atoms with van der Waals surface area (Å²) in [5.41, 5.74) is 4.68. The lowest BCUT2D eigenvalue weighted by atomic mass is 10.1. The number of benzene rings is 1. The van der Waals surface area contributed by atoms with E-state index in [1.807, 2.05) is 25.1 Å². The van der Waals surface area contributed by atoms with Crippen molar-refractivity contribution in [3.8, 4) is 0 Å². The Bertz CT molecular complexity index is 748. The fourth-order valence-corrected chi connectivity index (χ4v) is 3.51. The van der Waals surface area contributed by atoms with Gasteiger partial charge in [-0.25, -0.2) is 4.99 Å². The predicted octanol–water partition coefficient (Wildman–Crippen LogP) is 3.63. The maximum Gasteiger partial charge on any atom is 0.191 e. The minimum Gasteiger partial charge on any atom is -0.357 e. The van der Waals surface area contributed by atoms with Crippen LogP contribution in [0.3, 0.4) is 0 Å². The molecule has 0 spiro atoms. The summed E-state index contributed by atoms with van der Waals surface area (Å²) in [5, 5.41) is 6.68. The molecule has 2 aromatic rings. The molecule has 5 nitrogen and oxygen atoms in total. The molecule has 1 aliphatic rings. The van der Waals surface area contributed by atoms with E-state index in [4.69, 9.17) is 4.99 Å². The van der Waals surface area contributed by atoms with Gasteiger partial charge in [-0.05, 0) is 63.0 Å². The third-order valence-corrected chi connectivity index (χ3v) is 5.02. The van der Waals surface area contributed by atoms with Crippen molar-refractivity contribution in [2.24, 2.45) is 4.99 Å². The fraction of sp³-hybridized carbons (Fsp3) is 0.478. The molecule has 5 heteroatoms. The standard InChI is InChI=1S/C23H33N5/c1-3-24-23(26-17-22-9-7-8-19(2)27-22)25-16-20-10-12-21(13-11-20)18-28-14-5-4-6-15-28/h7-13H,3-6,14-18H2,1-2H3,(H2,24,25,26). The Morgan fingerprint density at radius 2 is 1.75 bits per heavy atom. The van der Waals surface area contributed by atoms with E-state index in [0.717, 1.165) is 30.4 Å². The van der Waals surface area contributed by atoms with E-state index in [1.165, 1.54) is 43.5 Å². The first-order valence-electron chi connectivity index (χ1n) is 10.5. The van der Waals surface area contributed by atoms with E-state index in [9.17, 15) is 0 Å². The van der Waals surface area contributed by atoms with E-state index in [1.54, 1.807) is 0 Å². The zero-order valence-electron chi connectivity index (χ0n) is 17.2. The fourth-order valence-electron chi connectivity index (χ4n) is 3.51. The Morgan fingerprint density at radius 3 is 2.46 bits per heavy atom. The second-order valence-corrected chi connectivity index (χ2v) is 7.47. The van der Waals surface area contributed by atoms with Crippen molar-refractivity contribution < 1.29 is 0 Å². The van der Waals surface area contributed by atoms with Gasteiger partial charge in [0.1, 0.15) is 0 Å². The van der Waals surface area contributed by atoms with Crippen LogP contribution in [0.15, 0.2) is 47.5 Å². The number of aryl methyl sites for hydroxylation is 1. The molecule has 2 N–H and O–H groups in total. The highest BCUT2D eigenvalue weighted by Gasteiger charge is 2.10. The van der Waals surface area contributed by atoms with E-state index >= 15 is 0 Å². The maximum absolute atomic E-state index is 4.72. The SMILES string of the molecule is CCNC(=NCc1ccc(CN2CCCCC2)cc1)NCc1cccc(C)n1. The minimum atomic E-state index is 0.667. The molecule has 3 rings (SSSR count). The average Bonchev–Trinajstić information content (AvgIpc) is 2.72. The van der Waals surface area contributed by atoms with Gasteiger partial charge in [-0.15, -0.1) is 0 Å². The Kier molecular flexibility index (Phi) is 7.85. The second kappa shape index (κ2) is 10.8. The molecule has 1 aromatic heterocycles. The Hall–Kier alpha value is -2.40. The summed E-state index contributed by atoms with van der Waals surface area (Å²) in [7, 11) is 0. The molecule has 150 valence electrons.